The summed E-state index contributed by atoms with van der Waals surface area (Å²) < 4.78 is 0. The van der Waals surface area contributed by atoms with Crippen LogP contribution < -0.4 is 0 Å². The summed E-state index contributed by atoms with van der Waals surface area (Å²) in [5.74, 6) is 2.76. The summed E-state index contributed by atoms with van der Waals surface area (Å²) >= 11 is 0. The van der Waals surface area contributed by atoms with Crippen LogP contribution in [0.3, 0.4) is 0 Å². The lowest BCUT2D eigenvalue weighted by Gasteiger charge is -2.20. The third-order valence-electron chi connectivity index (χ3n) is 7.30. The highest BCUT2D eigenvalue weighted by molar-refractivity contribution is 5.88. The SMILES string of the molecule is CC1CCCC(CCc2cc(-c3ccc4cc(O)ccc4c3)ccc2CO)CC1C. The molecule has 3 atom stereocenters. The smallest absolute Gasteiger partial charge is 0.116 e. The van der Waals surface area contributed by atoms with Crippen LogP contribution >= 0.6 is 0 Å². The third kappa shape index (κ3) is 4.70. The second-order valence-corrected chi connectivity index (χ2v) is 9.41. The van der Waals surface area contributed by atoms with Gasteiger partial charge in [0.15, 0.2) is 0 Å². The molecule has 3 aromatic rings. The van der Waals surface area contributed by atoms with Gasteiger partial charge in [-0.05, 0) is 88.2 Å². The van der Waals surface area contributed by atoms with Crippen LogP contribution in [0.1, 0.15) is 57.1 Å². The molecule has 3 unspecified atom stereocenters. The van der Waals surface area contributed by atoms with E-state index >= 15 is 0 Å². The molecule has 0 saturated heterocycles. The predicted molar refractivity (Wildman–Crippen MR) is 126 cm³/mol. The Morgan fingerprint density at radius 1 is 0.800 bits per heavy atom. The number of rotatable bonds is 5. The fraction of sp³-hybridized carbons (Fsp3) is 0.429. The molecule has 0 amide bonds. The first-order valence-corrected chi connectivity index (χ1v) is 11.5. The van der Waals surface area contributed by atoms with Gasteiger partial charge in [-0.3, -0.25) is 0 Å². The number of aliphatic hydroxyl groups is 1. The van der Waals surface area contributed by atoms with Gasteiger partial charge >= 0.3 is 0 Å². The molecular weight excluding hydrogens is 368 g/mol. The van der Waals surface area contributed by atoms with Gasteiger partial charge < -0.3 is 10.2 Å². The van der Waals surface area contributed by atoms with E-state index < -0.39 is 0 Å². The average molecular weight is 403 g/mol. The monoisotopic (exact) mass is 402 g/mol. The van der Waals surface area contributed by atoms with Crippen LogP contribution in [0.2, 0.25) is 0 Å². The van der Waals surface area contributed by atoms with E-state index in [4.69, 9.17) is 0 Å². The molecule has 2 heteroatoms. The van der Waals surface area contributed by atoms with Crippen molar-refractivity contribution in [1.82, 2.24) is 0 Å². The lowest BCUT2D eigenvalue weighted by atomic mass is 9.85. The normalized spacial score (nSPS) is 22.2. The number of fused-ring (bicyclic) bond motifs is 1. The molecule has 158 valence electrons. The van der Waals surface area contributed by atoms with Crippen LogP contribution in [0.15, 0.2) is 54.6 Å². The maximum Gasteiger partial charge on any atom is 0.116 e. The van der Waals surface area contributed by atoms with E-state index in [1.807, 2.05) is 6.07 Å². The van der Waals surface area contributed by atoms with Gasteiger partial charge in [0.2, 0.25) is 0 Å². The summed E-state index contributed by atoms with van der Waals surface area (Å²) in [6.45, 7) is 4.93. The van der Waals surface area contributed by atoms with E-state index in [1.165, 1.54) is 48.8 Å². The number of aryl methyl sites for hydroxylation is 1. The molecule has 0 aromatic heterocycles. The minimum Gasteiger partial charge on any atom is -0.508 e. The summed E-state index contributed by atoms with van der Waals surface area (Å²) in [6.07, 6.45) is 7.67. The van der Waals surface area contributed by atoms with Crippen molar-refractivity contribution in [3.8, 4) is 16.9 Å². The first kappa shape index (κ1) is 20.9. The molecule has 0 bridgehead atoms. The van der Waals surface area contributed by atoms with Gasteiger partial charge in [0, 0.05) is 0 Å². The Hall–Kier alpha value is -2.32. The molecular formula is C28H34O2. The van der Waals surface area contributed by atoms with Gasteiger partial charge in [-0.2, -0.15) is 0 Å². The van der Waals surface area contributed by atoms with Crippen molar-refractivity contribution in [2.24, 2.45) is 17.8 Å². The van der Waals surface area contributed by atoms with E-state index in [1.54, 1.807) is 12.1 Å². The van der Waals surface area contributed by atoms with Gasteiger partial charge in [0.25, 0.3) is 0 Å². The summed E-state index contributed by atoms with van der Waals surface area (Å²) in [6, 6.07) is 18.3. The molecule has 2 nitrogen and oxygen atoms in total. The second kappa shape index (κ2) is 9.22. The lowest BCUT2D eigenvalue weighted by Crippen LogP contribution is -2.10. The van der Waals surface area contributed by atoms with Gasteiger partial charge in [-0.1, -0.05) is 69.5 Å². The fourth-order valence-corrected chi connectivity index (χ4v) is 5.12. The fourth-order valence-electron chi connectivity index (χ4n) is 5.12. The van der Waals surface area contributed by atoms with Crippen LogP contribution in [0.25, 0.3) is 21.9 Å². The van der Waals surface area contributed by atoms with Crippen LogP contribution in [0, 0.1) is 17.8 Å². The van der Waals surface area contributed by atoms with Gasteiger partial charge in [-0.15, -0.1) is 0 Å². The Balaban J connectivity index is 1.55. The zero-order valence-electron chi connectivity index (χ0n) is 18.3. The van der Waals surface area contributed by atoms with Gasteiger partial charge in [0.1, 0.15) is 5.75 Å². The van der Waals surface area contributed by atoms with Crippen molar-refractivity contribution in [3.05, 3.63) is 65.7 Å². The highest BCUT2D eigenvalue weighted by Crippen LogP contribution is 2.35. The highest BCUT2D eigenvalue weighted by Gasteiger charge is 2.22. The molecule has 0 radical (unpaired) electrons. The summed E-state index contributed by atoms with van der Waals surface area (Å²) in [5, 5.41) is 21.8. The topological polar surface area (TPSA) is 40.5 Å². The minimum absolute atomic E-state index is 0.102. The zero-order chi connectivity index (χ0) is 21.1. The molecule has 1 aliphatic carbocycles. The largest absolute Gasteiger partial charge is 0.508 e. The number of aromatic hydroxyl groups is 1. The van der Waals surface area contributed by atoms with Gasteiger partial charge in [-0.25, -0.2) is 0 Å². The molecule has 4 rings (SSSR count). The summed E-state index contributed by atoms with van der Waals surface area (Å²) in [7, 11) is 0. The number of hydrogen-bond donors (Lipinski definition) is 2. The number of benzene rings is 3. The minimum atomic E-state index is 0.102. The number of phenolic OH excluding ortho intramolecular Hbond substituents is 1. The Labute approximate surface area is 180 Å². The Morgan fingerprint density at radius 3 is 2.37 bits per heavy atom. The highest BCUT2D eigenvalue weighted by atomic mass is 16.3. The van der Waals surface area contributed by atoms with E-state index in [0.717, 1.165) is 40.5 Å². The van der Waals surface area contributed by atoms with Crippen LogP contribution in [0.5, 0.6) is 5.75 Å². The van der Waals surface area contributed by atoms with E-state index in [-0.39, 0.29) is 6.61 Å². The molecule has 1 saturated carbocycles. The van der Waals surface area contributed by atoms with E-state index in [2.05, 4.69) is 50.2 Å². The maximum atomic E-state index is 9.88. The molecule has 0 spiro atoms. The van der Waals surface area contributed by atoms with Crippen molar-refractivity contribution in [2.75, 3.05) is 0 Å². The predicted octanol–water partition coefficient (Wildman–Crippen LogP) is 7.10. The standard InChI is InChI=1S/C28H34O2/c1-19-4-3-5-21(14-20(19)2)6-7-25-16-23(10-11-27(25)18-29)22-8-9-26-17-28(30)13-12-24(26)15-22/h8-13,15-17,19-21,29-30H,3-7,14,18H2,1-2H3. The molecule has 0 aliphatic heterocycles. The third-order valence-corrected chi connectivity index (χ3v) is 7.30. The maximum absolute atomic E-state index is 9.88. The zero-order valence-corrected chi connectivity index (χ0v) is 18.3. The van der Waals surface area contributed by atoms with E-state index in [0.29, 0.717) is 5.75 Å². The van der Waals surface area contributed by atoms with Gasteiger partial charge in [0.05, 0.1) is 6.61 Å². The Bertz CT molecular complexity index is 1010. The number of hydrogen-bond acceptors (Lipinski definition) is 2. The molecule has 1 fully saturated rings. The number of phenols is 1. The van der Waals surface area contributed by atoms with Crippen molar-refractivity contribution in [3.63, 3.8) is 0 Å². The van der Waals surface area contributed by atoms with Crippen molar-refractivity contribution in [2.45, 2.75) is 59.0 Å². The van der Waals surface area contributed by atoms with Crippen LogP contribution in [0.4, 0.5) is 0 Å². The number of aliphatic hydroxyl groups excluding tert-OH is 1. The summed E-state index contributed by atoms with van der Waals surface area (Å²) in [5.41, 5.74) is 4.71. The van der Waals surface area contributed by atoms with Crippen molar-refractivity contribution < 1.29 is 10.2 Å². The van der Waals surface area contributed by atoms with Crippen molar-refractivity contribution >= 4 is 10.8 Å². The van der Waals surface area contributed by atoms with Crippen LogP contribution in [-0.4, -0.2) is 10.2 Å². The molecule has 30 heavy (non-hydrogen) atoms. The molecule has 2 N–H and O–H groups in total. The molecule has 3 aromatic carbocycles. The average Bonchev–Trinajstić information content (AvgIpc) is 2.92. The second-order valence-electron chi connectivity index (χ2n) is 9.41. The lowest BCUT2D eigenvalue weighted by molar-refractivity contribution is 0.279. The Kier molecular flexibility index (Phi) is 6.43. The molecule has 0 heterocycles. The van der Waals surface area contributed by atoms with E-state index in [9.17, 15) is 10.2 Å². The molecule has 1 aliphatic rings. The quantitative estimate of drug-likeness (QED) is 0.447. The van der Waals surface area contributed by atoms with Crippen LogP contribution in [-0.2, 0) is 13.0 Å². The van der Waals surface area contributed by atoms with Crippen molar-refractivity contribution in [1.29, 1.82) is 0 Å². The summed E-state index contributed by atoms with van der Waals surface area (Å²) in [4.78, 5) is 0. The Morgan fingerprint density at radius 2 is 1.53 bits per heavy atom. The first-order chi connectivity index (χ1) is 14.5. The first-order valence-electron chi connectivity index (χ1n) is 11.5.